The summed E-state index contributed by atoms with van der Waals surface area (Å²) in [6.45, 7) is 5.81. The summed E-state index contributed by atoms with van der Waals surface area (Å²) in [6, 6.07) is 7.15. The zero-order chi connectivity index (χ0) is 23.0. The Morgan fingerprint density at radius 3 is 2.61 bits per heavy atom. The summed E-state index contributed by atoms with van der Waals surface area (Å²) in [7, 11) is -3.67. The largest absolute Gasteiger partial charge is 0.490 e. The zero-order valence-corrected chi connectivity index (χ0v) is 20.4. The molecule has 0 saturated carbocycles. The average Bonchev–Trinajstić information content (AvgIpc) is 3.19. The van der Waals surface area contributed by atoms with Crippen molar-refractivity contribution in [2.75, 3.05) is 52.5 Å². The molecule has 178 valence electrons. The molecule has 2 aromatic rings. The number of sulfonamides is 1. The van der Waals surface area contributed by atoms with Gasteiger partial charge in [-0.25, -0.2) is 8.42 Å². The third kappa shape index (κ3) is 4.49. The predicted molar refractivity (Wildman–Crippen MR) is 125 cm³/mol. The van der Waals surface area contributed by atoms with Gasteiger partial charge in [0.25, 0.3) is 0 Å². The Hall–Kier alpha value is -2.14. The van der Waals surface area contributed by atoms with Crippen molar-refractivity contribution in [2.45, 2.75) is 30.7 Å². The van der Waals surface area contributed by atoms with Gasteiger partial charge in [0, 0.05) is 56.1 Å². The number of carbonyl (C=O) groups is 1. The van der Waals surface area contributed by atoms with Crippen molar-refractivity contribution in [1.29, 1.82) is 0 Å². The van der Waals surface area contributed by atoms with Crippen molar-refractivity contribution in [2.24, 2.45) is 0 Å². The monoisotopic (exact) mass is 491 g/mol. The Morgan fingerprint density at radius 1 is 1.06 bits per heavy atom. The van der Waals surface area contributed by atoms with E-state index in [2.05, 4.69) is 23.3 Å². The van der Waals surface area contributed by atoms with Gasteiger partial charge in [0.1, 0.15) is 0 Å². The molecule has 0 unspecified atom stereocenters. The zero-order valence-electron chi connectivity index (χ0n) is 18.7. The minimum Gasteiger partial charge on any atom is -0.490 e. The van der Waals surface area contributed by atoms with Gasteiger partial charge in [0.05, 0.1) is 24.7 Å². The average molecular weight is 492 g/mol. The summed E-state index contributed by atoms with van der Waals surface area (Å²) in [5.41, 5.74) is 1.32. The molecule has 1 amide bonds. The molecule has 8 nitrogen and oxygen atoms in total. The molecule has 0 radical (unpaired) electrons. The van der Waals surface area contributed by atoms with Gasteiger partial charge in [0.15, 0.2) is 11.5 Å². The van der Waals surface area contributed by atoms with Crippen molar-refractivity contribution < 1.29 is 22.7 Å². The summed E-state index contributed by atoms with van der Waals surface area (Å²) in [4.78, 5) is 18.6. The van der Waals surface area contributed by atoms with Crippen molar-refractivity contribution in [3.05, 3.63) is 40.1 Å². The smallest absolute Gasteiger partial charge is 0.243 e. The lowest BCUT2D eigenvalue weighted by Gasteiger charge is -2.37. The number of hydrogen-bond donors (Lipinski definition) is 0. The van der Waals surface area contributed by atoms with Gasteiger partial charge in [-0.1, -0.05) is 0 Å². The van der Waals surface area contributed by atoms with Crippen LogP contribution < -0.4 is 9.47 Å². The summed E-state index contributed by atoms with van der Waals surface area (Å²) in [6.07, 6.45) is 1.74. The van der Waals surface area contributed by atoms with Gasteiger partial charge in [-0.2, -0.15) is 4.31 Å². The van der Waals surface area contributed by atoms with Crippen LogP contribution in [-0.2, 0) is 21.2 Å². The highest BCUT2D eigenvalue weighted by Gasteiger charge is 2.33. The van der Waals surface area contributed by atoms with E-state index in [0.717, 1.165) is 19.4 Å². The fraction of sp³-hybridized carbons (Fsp3) is 0.522. The molecule has 4 heterocycles. The summed E-state index contributed by atoms with van der Waals surface area (Å²) < 4.78 is 39.1. The van der Waals surface area contributed by atoms with Crippen LogP contribution >= 0.6 is 11.3 Å². The first kappa shape index (κ1) is 22.6. The van der Waals surface area contributed by atoms with Gasteiger partial charge in [0.2, 0.25) is 15.9 Å². The number of nitrogens with zero attached hydrogens (tertiary/aromatic N) is 3. The van der Waals surface area contributed by atoms with Gasteiger partial charge < -0.3 is 14.4 Å². The number of amides is 1. The van der Waals surface area contributed by atoms with Crippen molar-refractivity contribution >= 4 is 27.3 Å². The maximum Gasteiger partial charge on any atom is 0.243 e. The van der Waals surface area contributed by atoms with E-state index in [4.69, 9.17) is 9.47 Å². The Bertz CT molecular complexity index is 1120. The Kier molecular flexibility index (Phi) is 6.34. The molecule has 1 saturated heterocycles. The maximum absolute atomic E-state index is 13.2. The third-order valence-electron chi connectivity index (χ3n) is 6.69. The minimum atomic E-state index is -3.67. The molecule has 0 bridgehead atoms. The molecule has 5 rings (SSSR count). The Labute approximate surface area is 198 Å². The molecular weight excluding hydrogens is 462 g/mol. The standard InChI is InChI=1S/C23H29N3O5S2/c1-17-19-6-14-32-22(19)5-7-25(17)16-23(27)24-8-10-26(11-9-24)33(28,29)18-3-4-20-21(15-18)31-13-2-12-30-20/h3-4,6,14-15,17H,2,5,7-13,16H2,1H3/t17-/m1/s1. The number of ether oxygens (including phenoxy) is 2. The molecule has 10 heteroatoms. The normalized spacial score (nSPS) is 22.0. The molecule has 33 heavy (non-hydrogen) atoms. The topological polar surface area (TPSA) is 79.4 Å². The van der Waals surface area contributed by atoms with Crippen LogP contribution in [0.5, 0.6) is 11.5 Å². The van der Waals surface area contributed by atoms with E-state index in [9.17, 15) is 13.2 Å². The van der Waals surface area contributed by atoms with E-state index < -0.39 is 10.0 Å². The van der Waals surface area contributed by atoms with E-state index in [-0.39, 0.29) is 29.9 Å². The second-order valence-corrected chi connectivity index (χ2v) is 11.6. The fourth-order valence-electron chi connectivity index (χ4n) is 4.68. The first-order valence-electron chi connectivity index (χ1n) is 11.4. The minimum absolute atomic E-state index is 0.0631. The van der Waals surface area contributed by atoms with E-state index in [0.29, 0.717) is 44.3 Å². The molecule has 3 aliphatic heterocycles. The van der Waals surface area contributed by atoms with Crippen LogP contribution in [0.4, 0.5) is 0 Å². The number of carbonyl (C=O) groups excluding carboxylic acids is 1. The molecule has 0 spiro atoms. The van der Waals surface area contributed by atoms with Crippen molar-refractivity contribution in [3.63, 3.8) is 0 Å². The van der Waals surface area contributed by atoms with Gasteiger partial charge in [-0.3, -0.25) is 9.69 Å². The molecule has 3 aliphatic rings. The predicted octanol–water partition coefficient (Wildman–Crippen LogP) is 2.36. The van der Waals surface area contributed by atoms with Crippen LogP contribution in [-0.4, -0.2) is 80.9 Å². The molecular formula is C23H29N3O5S2. The lowest BCUT2D eigenvalue weighted by atomic mass is 10.0. The first-order valence-corrected chi connectivity index (χ1v) is 13.7. The fourth-order valence-corrected chi connectivity index (χ4v) is 7.08. The van der Waals surface area contributed by atoms with E-state index >= 15 is 0 Å². The van der Waals surface area contributed by atoms with Crippen LogP contribution in [0, 0.1) is 0 Å². The number of fused-ring (bicyclic) bond motifs is 2. The number of rotatable bonds is 4. The molecule has 0 aliphatic carbocycles. The molecule has 1 atom stereocenters. The second-order valence-electron chi connectivity index (χ2n) is 8.64. The van der Waals surface area contributed by atoms with E-state index in [1.54, 1.807) is 34.4 Å². The van der Waals surface area contributed by atoms with Crippen LogP contribution in [0.25, 0.3) is 0 Å². The quantitative estimate of drug-likeness (QED) is 0.653. The van der Waals surface area contributed by atoms with E-state index in [1.165, 1.54) is 14.7 Å². The summed E-state index contributed by atoms with van der Waals surface area (Å²) in [5.74, 6) is 1.10. The number of hydrogen-bond acceptors (Lipinski definition) is 7. The van der Waals surface area contributed by atoms with E-state index in [1.807, 2.05) is 0 Å². The van der Waals surface area contributed by atoms with Gasteiger partial charge in [-0.15, -0.1) is 11.3 Å². The highest BCUT2D eigenvalue weighted by molar-refractivity contribution is 7.89. The lowest BCUT2D eigenvalue weighted by Crippen LogP contribution is -2.53. The highest BCUT2D eigenvalue weighted by atomic mass is 32.2. The second kappa shape index (κ2) is 9.25. The molecule has 1 aromatic carbocycles. The summed E-state index contributed by atoms with van der Waals surface area (Å²) in [5, 5.41) is 2.12. The highest BCUT2D eigenvalue weighted by Crippen LogP contribution is 2.34. The van der Waals surface area contributed by atoms with Crippen molar-refractivity contribution in [3.8, 4) is 11.5 Å². The Morgan fingerprint density at radius 2 is 1.82 bits per heavy atom. The van der Waals surface area contributed by atoms with Crippen LogP contribution in [0.1, 0.15) is 29.8 Å². The van der Waals surface area contributed by atoms with Crippen LogP contribution in [0.3, 0.4) is 0 Å². The number of piperazine rings is 1. The summed E-state index contributed by atoms with van der Waals surface area (Å²) >= 11 is 1.79. The van der Waals surface area contributed by atoms with Gasteiger partial charge >= 0.3 is 0 Å². The van der Waals surface area contributed by atoms with Crippen LogP contribution in [0.2, 0.25) is 0 Å². The molecule has 0 N–H and O–H groups in total. The Balaban J connectivity index is 1.20. The number of thiophene rings is 1. The number of benzene rings is 1. The maximum atomic E-state index is 13.2. The van der Waals surface area contributed by atoms with Gasteiger partial charge in [-0.05, 0) is 42.5 Å². The first-order chi connectivity index (χ1) is 15.9. The van der Waals surface area contributed by atoms with Crippen LogP contribution in [0.15, 0.2) is 34.5 Å². The molecule has 1 aromatic heterocycles. The third-order valence-corrected chi connectivity index (χ3v) is 9.58. The SMILES string of the molecule is C[C@@H]1c2ccsc2CCN1CC(=O)N1CCN(S(=O)(=O)c2ccc3c(c2)OCCCO3)CC1. The lowest BCUT2D eigenvalue weighted by molar-refractivity contribution is -0.134. The van der Waals surface area contributed by atoms with Crippen molar-refractivity contribution in [1.82, 2.24) is 14.1 Å². The molecule has 1 fully saturated rings.